The van der Waals surface area contributed by atoms with Gasteiger partial charge in [0.1, 0.15) is 0 Å². The van der Waals surface area contributed by atoms with Crippen LogP contribution in [0, 0.1) is 0 Å². The maximum absolute atomic E-state index is 11.2. The number of hydrogen-bond donors (Lipinski definition) is 0. The molecule has 0 spiro atoms. The molecule has 0 radical (unpaired) electrons. The maximum Gasteiger partial charge on any atom is 0.309 e. The molecule has 0 aliphatic carbocycles. The number of carbonyl (C=O) groups is 2. The molecule has 29 heavy (non-hydrogen) atoms. The zero-order valence-electron chi connectivity index (χ0n) is 16.3. The van der Waals surface area contributed by atoms with Gasteiger partial charge in [0.2, 0.25) is 0 Å². The number of halogens is 1. The summed E-state index contributed by atoms with van der Waals surface area (Å²) in [6.45, 7) is 0. The molecule has 6 heteroatoms. The number of benzene rings is 2. The number of carbonyl (C=O) groups excluding carboxylic acids is 2. The SMILES string of the molecule is COC(=O)Cc1cccc(-c2ccccn2)c1.COC(=O)Cc1cccc(Br)c1. The maximum atomic E-state index is 11.2. The predicted octanol–water partition coefficient (Wildman–Crippen LogP) is 4.63. The largest absolute Gasteiger partial charge is 0.469 e. The van der Waals surface area contributed by atoms with Gasteiger partial charge in [-0.1, -0.05) is 52.3 Å². The minimum atomic E-state index is -0.233. The second-order valence-corrected chi connectivity index (χ2v) is 6.97. The van der Waals surface area contributed by atoms with Gasteiger partial charge in [0.25, 0.3) is 0 Å². The Balaban J connectivity index is 0.000000221. The highest BCUT2D eigenvalue weighted by Gasteiger charge is 2.05. The van der Waals surface area contributed by atoms with Crippen LogP contribution in [0.25, 0.3) is 11.3 Å². The molecule has 0 atom stereocenters. The van der Waals surface area contributed by atoms with Crippen LogP contribution in [0.2, 0.25) is 0 Å². The Morgan fingerprint density at radius 1 is 0.828 bits per heavy atom. The van der Waals surface area contributed by atoms with Crippen molar-refractivity contribution in [2.24, 2.45) is 0 Å². The molecule has 0 aliphatic rings. The second kappa shape index (κ2) is 11.8. The molecule has 5 nitrogen and oxygen atoms in total. The summed E-state index contributed by atoms with van der Waals surface area (Å²) in [6, 6.07) is 21.1. The number of pyridine rings is 1. The lowest BCUT2D eigenvalue weighted by molar-refractivity contribution is -0.140. The summed E-state index contributed by atoms with van der Waals surface area (Å²) in [5.41, 5.74) is 3.79. The quantitative estimate of drug-likeness (QED) is 0.524. The van der Waals surface area contributed by atoms with Crippen molar-refractivity contribution in [2.75, 3.05) is 14.2 Å². The van der Waals surface area contributed by atoms with Crippen LogP contribution < -0.4 is 0 Å². The van der Waals surface area contributed by atoms with Crippen LogP contribution in [-0.2, 0) is 31.9 Å². The van der Waals surface area contributed by atoms with Crippen LogP contribution in [0.5, 0.6) is 0 Å². The van der Waals surface area contributed by atoms with E-state index in [0.29, 0.717) is 6.42 Å². The van der Waals surface area contributed by atoms with Crippen molar-refractivity contribution in [2.45, 2.75) is 12.8 Å². The monoisotopic (exact) mass is 455 g/mol. The van der Waals surface area contributed by atoms with Gasteiger partial charge in [0.15, 0.2) is 0 Å². The highest BCUT2D eigenvalue weighted by molar-refractivity contribution is 9.10. The summed E-state index contributed by atoms with van der Waals surface area (Å²) in [6.07, 6.45) is 2.37. The molecule has 1 aromatic heterocycles. The fraction of sp³-hybridized carbons (Fsp3) is 0.174. The Morgan fingerprint density at radius 3 is 2.00 bits per heavy atom. The van der Waals surface area contributed by atoms with E-state index in [2.05, 4.69) is 30.4 Å². The first-order chi connectivity index (χ1) is 14.0. The Labute approximate surface area is 178 Å². The first-order valence-corrected chi connectivity index (χ1v) is 9.69. The molecule has 0 bridgehead atoms. The Kier molecular flexibility index (Phi) is 9.05. The van der Waals surface area contributed by atoms with Crippen LogP contribution in [0.4, 0.5) is 0 Å². The number of methoxy groups -OCH3 is 2. The molecule has 0 N–H and O–H groups in total. The second-order valence-electron chi connectivity index (χ2n) is 6.05. The van der Waals surface area contributed by atoms with Crippen LogP contribution in [0.1, 0.15) is 11.1 Å². The van der Waals surface area contributed by atoms with Gasteiger partial charge >= 0.3 is 11.9 Å². The van der Waals surface area contributed by atoms with Gasteiger partial charge < -0.3 is 9.47 Å². The van der Waals surface area contributed by atoms with Crippen molar-refractivity contribution in [3.05, 3.63) is 88.5 Å². The Morgan fingerprint density at radius 2 is 1.45 bits per heavy atom. The van der Waals surface area contributed by atoms with E-state index in [1.165, 1.54) is 14.2 Å². The fourth-order valence-corrected chi connectivity index (χ4v) is 2.95. The lowest BCUT2D eigenvalue weighted by Gasteiger charge is -2.04. The van der Waals surface area contributed by atoms with Crippen LogP contribution >= 0.6 is 15.9 Å². The van der Waals surface area contributed by atoms with E-state index < -0.39 is 0 Å². The van der Waals surface area contributed by atoms with Crippen molar-refractivity contribution in [1.29, 1.82) is 0 Å². The van der Waals surface area contributed by atoms with E-state index in [9.17, 15) is 9.59 Å². The van der Waals surface area contributed by atoms with E-state index in [-0.39, 0.29) is 18.4 Å². The molecule has 3 rings (SSSR count). The van der Waals surface area contributed by atoms with Crippen molar-refractivity contribution in [3.63, 3.8) is 0 Å². The van der Waals surface area contributed by atoms with Crippen LogP contribution in [0.15, 0.2) is 77.4 Å². The molecule has 3 aromatic rings. The molecule has 0 saturated carbocycles. The van der Waals surface area contributed by atoms with Crippen LogP contribution in [-0.4, -0.2) is 31.1 Å². The van der Waals surface area contributed by atoms with Crippen molar-refractivity contribution >= 4 is 27.9 Å². The van der Waals surface area contributed by atoms with Gasteiger partial charge in [-0.3, -0.25) is 14.6 Å². The van der Waals surface area contributed by atoms with Gasteiger partial charge in [-0.25, -0.2) is 0 Å². The summed E-state index contributed by atoms with van der Waals surface area (Å²) in [4.78, 5) is 26.3. The zero-order valence-corrected chi connectivity index (χ0v) is 17.9. The highest BCUT2D eigenvalue weighted by Crippen LogP contribution is 2.18. The van der Waals surface area contributed by atoms with Gasteiger partial charge in [0, 0.05) is 16.2 Å². The minimum absolute atomic E-state index is 0.215. The third-order valence-electron chi connectivity index (χ3n) is 3.93. The summed E-state index contributed by atoms with van der Waals surface area (Å²) in [5.74, 6) is -0.448. The Bertz CT molecular complexity index is 944. The minimum Gasteiger partial charge on any atom is -0.469 e. The summed E-state index contributed by atoms with van der Waals surface area (Å²) in [7, 11) is 2.78. The van der Waals surface area contributed by atoms with E-state index in [0.717, 1.165) is 26.9 Å². The molecular weight excluding hydrogens is 434 g/mol. The summed E-state index contributed by atoms with van der Waals surface area (Å²) in [5, 5.41) is 0. The van der Waals surface area contributed by atoms with E-state index in [1.54, 1.807) is 6.20 Å². The lowest BCUT2D eigenvalue weighted by atomic mass is 10.1. The summed E-state index contributed by atoms with van der Waals surface area (Å²) >= 11 is 3.32. The molecule has 0 saturated heterocycles. The molecule has 0 amide bonds. The highest BCUT2D eigenvalue weighted by atomic mass is 79.9. The standard InChI is InChI=1S/C14H13NO2.C9H9BrO2/c1-17-14(16)10-11-5-4-6-12(9-11)13-7-2-3-8-15-13;1-12-9(11)6-7-3-2-4-8(10)5-7/h2-9H,10H2,1H3;2-5H,6H2,1H3. The summed E-state index contributed by atoms with van der Waals surface area (Å²) < 4.78 is 10.2. The third kappa shape index (κ3) is 7.87. The smallest absolute Gasteiger partial charge is 0.309 e. The van der Waals surface area contributed by atoms with E-state index in [1.807, 2.05) is 66.7 Å². The molecule has 1 heterocycles. The Hall–Kier alpha value is -2.99. The van der Waals surface area contributed by atoms with Crippen molar-refractivity contribution < 1.29 is 19.1 Å². The van der Waals surface area contributed by atoms with Crippen molar-refractivity contribution in [1.82, 2.24) is 4.98 Å². The third-order valence-corrected chi connectivity index (χ3v) is 4.42. The molecule has 150 valence electrons. The molecule has 0 unspecified atom stereocenters. The molecule has 0 aliphatic heterocycles. The van der Waals surface area contributed by atoms with Gasteiger partial charge in [0.05, 0.1) is 32.8 Å². The molecule has 2 aromatic carbocycles. The number of aromatic nitrogens is 1. The van der Waals surface area contributed by atoms with Gasteiger partial charge in [-0.15, -0.1) is 0 Å². The van der Waals surface area contributed by atoms with E-state index in [4.69, 9.17) is 0 Å². The first-order valence-electron chi connectivity index (χ1n) is 8.90. The number of hydrogen-bond acceptors (Lipinski definition) is 5. The normalized spacial score (nSPS) is 9.76. The van der Waals surface area contributed by atoms with Gasteiger partial charge in [-0.2, -0.15) is 0 Å². The first kappa shape index (κ1) is 22.3. The van der Waals surface area contributed by atoms with E-state index >= 15 is 0 Å². The number of rotatable bonds is 5. The number of esters is 2. The fourth-order valence-electron chi connectivity index (χ4n) is 2.50. The zero-order chi connectivity index (χ0) is 21.1. The topological polar surface area (TPSA) is 65.5 Å². The number of nitrogens with zero attached hydrogens (tertiary/aromatic N) is 1. The van der Waals surface area contributed by atoms with Crippen molar-refractivity contribution in [3.8, 4) is 11.3 Å². The molecular formula is C23H22BrNO4. The average molecular weight is 456 g/mol. The van der Waals surface area contributed by atoms with Crippen LogP contribution in [0.3, 0.4) is 0 Å². The average Bonchev–Trinajstić information content (AvgIpc) is 2.75. The predicted molar refractivity (Wildman–Crippen MR) is 115 cm³/mol. The van der Waals surface area contributed by atoms with Gasteiger partial charge in [-0.05, 0) is 41.5 Å². The number of ether oxygens (including phenoxy) is 2. The molecule has 0 fully saturated rings. The lowest BCUT2D eigenvalue weighted by Crippen LogP contribution is -2.04.